The first kappa shape index (κ1) is 26.1. The zero-order chi connectivity index (χ0) is 29.2. The molecule has 0 unspecified atom stereocenters. The number of rotatable bonds is 4. The number of anilines is 1. The van der Waals surface area contributed by atoms with Gasteiger partial charge in [-0.05, 0) is 53.6 Å². The average molecular weight is 574 g/mol. The molecule has 0 aromatic heterocycles. The van der Waals surface area contributed by atoms with Crippen LogP contribution >= 0.6 is 11.6 Å². The van der Waals surface area contributed by atoms with Crippen molar-refractivity contribution in [2.45, 2.75) is 24.9 Å². The number of ketones is 3. The van der Waals surface area contributed by atoms with E-state index >= 15 is 0 Å². The number of esters is 1. The van der Waals surface area contributed by atoms with Crippen molar-refractivity contribution in [1.82, 2.24) is 0 Å². The average Bonchev–Trinajstić information content (AvgIpc) is 3.43. The number of nitrogens with zero attached hydrogens (tertiary/aromatic N) is 1. The largest absolute Gasteiger partial charge is 0.427 e. The van der Waals surface area contributed by atoms with E-state index in [1.54, 1.807) is 66.7 Å². The van der Waals surface area contributed by atoms with Crippen LogP contribution in [0.4, 0.5) is 5.69 Å². The van der Waals surface area contributed by atoms with E-state index in [0.717, 1.165) is 11.3 Å². The lowest BCUT2D eigenvalue weighted by Crippen LogP contribution is -2.48. The molecule has 0 saturated carbocycles. The van der Waals surface area contributed by atoms with Crippen LogP contribution in [-0.4, -0.2) is 35.4 Å². The second-order valence-corrected chi connectivity index (χ2v) is 11.2. The zero-order valence-electron chi connectivity index (χ0n) is 22.5. The van der Waals surface area contributed by atoms with Gasteiger partial charge in [0.05, 0.1) is 6.04 Å². The molecular formula is C35H24ClNO5. The van der Waals surface area contributed by atoms with Crippen LogP contribution in [0.25, 0.3) is 6.08 Å². The van der Waals surface area contributed by atoms with Crippen molar-refractivity contribution < 1.29 is 23.9 Å². The third-order valence-electron chi connectivity index (χ3n) is 8.59. The highest BCUT2D eigenvalue weighted by molar-refractivity contribution is 6.33. The van der Waals surface area contributed by atoms with Crippen LogP contribution in [0.1, 0.15) is 55.0 Å². The first-order valence-electron chi connectivity index (χ1n) is 13.6. The molecule has 6 nitrogen and oxygen atoms in total. The molecule has 1 fully saturated rings. The van der Waals surface area contributed by atoms with E-state index in [9.17, 15) is 19.2 Å². The fourth-order valence-electron chi connectivity index (χ4n) is 7.01. The third-order valence-corrected chi connectivity index (χ3v) is 8.82. The minimum Gasteiger partial charge on any atom is -0.427 e. The summed E-state index contributed by atoms with van der Waals surface area (Å²) in [7, 11) is 0. The molecule has 1 aliphatic carbocycles. The number of benzene rings is 4. The topological polar surface area (TPSA) is 80.8 Å². The van der Waals surface area contributed by atoms with E-state index in [0.29, 0.717) is 33.0 Å². The lowest BCUT2D eigenvalue weighted by Gasteiger charge is -2.37. The fraction of sp³-hybridized carbons (Fsp3) is 0.143. The summed E-state index contributed by atoms with van der Waals surface area (Å²) in [6.45, 7) is 1.31. The molecule has 42 heavy (non-hydrogen) atoms. The van der Waals surface area contributed by atoms with Crippen molar-refractivity contribution in [3.63, 3.8) is 0 Å². The predicted molar refractivity (Wildman–Crippen MR) is 159 cm³/mol. The Morgan fingerprint density at radius 3 is 2.17 bits per heavy atom. The molecule has 7 heteroatoms. The Morgan fingerprint density at radius 1 is 0.833 bits per heavy atom. The van der Waals surface area contributed by atoms with Gasteiger partial charge in [-0.1, -0.05) is 78.4 Å². The number of ether oxygens (including phenoxy) is 1. The molecule has 3 aliphatic rings. The Kier molecular flexibility index (Phi) is 5.99. The van der Waals surface area contributed by atoms with Gasteiger partial charge < -0.3 is 9.64 Å². The molecule has 1 spiro atoms. The maximum atomic E-state index is 14.7. The van der Waals surface area contributed by atoms with Crippen LogP contribution in [0.3, 0.4) is 0 Å². The summed E-state index contributed by atoms with van der Waals surface area (Å²) < 4.78 is 5.18. The van der Waals surface area contributed by atoms with Gasteiger partial charge in [-0.15, -0.1) is 0 Å². The monoisotopic (exact) mass is 573 g/mol. The van der Waals surface area contributed by atoms with Gasteiger partial charge in [0.15, 0.2) is 17.3 Å². The third kappa shape index (κ3) is 3.65. The number of carbonyl (C=O) groups excluding carboxylic acids is 4. The molecule has 3 atom stereocenters. The quantitative estimate of drug-likeness (QED) is 0.119. The summed E-state index contributed by atoms with van der Waals surface area (Å²) in [5.74, 6) is -1.87. The smallest absolute Gasteiger partial charge is 0.308 e. The fourth-order valence-corrected chi connectivity index (χ4v) is 7.21. The van der Waals surface area contributed by atoms with Crippen molar-refractivity contribution >= 4 is 46.7 Å². The molecule has 0 radical (unpaired) electrons. The molecule has 0 bridgehead atoms. The van der Waals surface area contributed by atoms with E-state index in [2.05, 4.69) is 0 Å². The maximum Gasteiger partial charge on any atom is 0.308 e. The second-order valence-electron chi connectivity index (χ2n) is 10.8. The number of hydrogen-bond donors (Lipinski definition) is 0. The summed E-state index contributed by atoms with van der Waals surface area (Å²) in [4.78, 5) is 57.4. The van der Waals surface area contributed by atoms with Crippen LogP contribution in [0.2, 0.25) is 5.02 Å². The van der Waals surface area contributed by atoms with Crippen LogP contribution in [-0.2, 0) is 4.79 Å². The van der Waals surface area contributed by atoms with Gasteiger partial charge in [0.25, 0.3) is 0 Å². The lowest BCUT2D eigenvalue weighted by molar-refractivity contribution is -0.131. The van der Waals surface area contributed by atoms with E-state index in [1.807, 2.05) is 47.4 Å². The van der Waals surface area contributed by atoms with Crippen LogP contribution < -0.4 is 9.64 Å². The van der Waals surface area contributed by atoms with Crippen molar-refractivity contribution in [2.75, 3.05) is 4.90 Å². The highest BCUT2D eigenvalue weighted by Gasteiger charge is 2.71. The van der Waals surface area contributed by atoms with Gasteiger partial charge in [0, 0.05) is 40.2 Å². The summed E-state index contributed by atoms with van der Waals surface area (Å²) >= 11 is 6.49. The highest BCUT2D eigenvalue weighted by atomic mass is 35.5. The first-order valence-corrected chi connectivity index (χ1v) is 14.0. The van der Waals surface area contributed by atoms with Crippen LogP contribution in [0, 0.1) is 5.41 Å². The van der Waals surface area contributed by atoms with Crippen molar-refractivity contribution in [2.24, 2.45) is 5.41 Å². The molecule has 0 N–H and O–H groups in total. The van der Waals surface area contributed by atoms with Crippen LogP contribution in [0.15, 0.2) is 103 Å². The summed E-state index contributed by atoms with van der Waals surface area (Å²) in [6, 6.07) is 26.3. The minimum atomic E-state index is -1.60. The molecule has 4 aromatic carbocycles. The van der Waals surface area contributed by atoms with Crippen molar-refractivity contribution in [3.05, 3.63) is 136 Å². The zero-order valence-corrected chi connectivity index (χ0v) is 23.2. The van der Waals surface area contributed by atoms with Crippen molar-refractivity contribution in [1.29, 1.82) is 0 Å². The number of para-hydroxylation sites is 1. The SMILES string of the molecule is CC(=O)Oc1ccc(C(=O)[C@@H]2[C@@H](c3cccc(Cl)c3)C3(C(=O)c4ccccc4C3=O)[C@H]3C=Cc4ccccc4N23)cc1. The standard InChI is InChI=1S/C35H24ClNO5/c1-20(38)42-25-16-13-22(14-17-25)32(39)31-30(23-8-6-9-24(36)19-23)35(33(40)26-10-3-4-11-27(26)34(35)41)29-18-15-21-7-2-5-12-28(21)37(29)31/h2-19,29-31H,1H3/t29-,30-,31+/m1/s1. The second kappa shape index (κ2) is 9.64. The molecule has 2 aliphatic heterocycles. The van der Waals surface area contributed by atoms with E-state index < -0.39 is 29.4 Å². The van der Waals surface area contributed by atoms with E-state index in [1.165, 1.54) is 6.92 Å². The first-order chi connectivity index (χ1) is 20.3. The van der Waals surface area contributed by atoms with Gasteiger partial charge in [-0.25, -0.2) is 0 Å². The summed E-state index contributed by atoms with van der Waals surface area (Å²) in [5, 5.41) is 0.441. The molecule has 206 valence electrons. The van der Waals surface area contributed by atoms with E-state index in [-0.39, 0.29) is 17.3 Å². The Balaban J connectivity index is 1.49. The van der Waals surface area contributed by atoms with Crippen molar-refractivity contribution in [3.8, 4) is 5.75 Å². The van der Waals surface area contributed by atoms with Gasteiger partial charge in [-0.3, -0.25) is 19.2 Å². The van der Waals surface area contributed by atoms with Gasteiger partial charge in [0.1, 0.15) is 17.2 Å². The molecule has 1 saturated heterocycles. The Morgan fingerprint density at radius 2 is 1.50 bits per heavy atom. The molecule has 2 heterocycles. The predicted octanol–water partition coefficient (Wildman–Crippen LogP) is 6.58. The summed E-state index contributed by atoms with van der Waals surface area (Å²) in [6.07, 6.45) is 3.82. The number of hydrogen-bond acceptors (Lipinski definition) is 6. The molecule has 4 aromatic rings. The maximum absolute atomic E-state index is 14.7. The van der Waals surface area contributed by atoms with Crippen LogP contribution in [0.5, 0.6) is 5.75 Å². The highest BCUT2D eigenvalue weighted by Crippen LogP contribution is 2.61. The number of Topliss-reactive ketones (excluding diaryl/α,β-unsaturated/α-hetero) is 3. The number of halogens is 1. The summed E-state index contributed by atoms with van der Waals surface area (Å²) in [5.41, 5.74) is 1.76. The molecule has 7 rings (SSSR count). The molecular weight excluding hydrogens is 550 g/mol. The van der Waals surface area contributed by atoms with Gasteiger partial charge in [-0.2, -0.15) is 0 Å². The number of carbonyl (C=O) groups is 4. The Hall–Kier alpha value is -4.81. The van der Waals surface area contributed by atoms with Gasteiger partial charge in [0.2, 0.25) is 0 Å². The normalized spacial score (nSPS) is 21.2. The van der Waals surface area contributed by atoms with Gasteiger partial charge >= 0.3 is 5.97 Å². The Labute approximate surface area is 247 Å². The minimum absolute atomic E-state index is 0.266. The lowest BCUT2D eigenvalue weighted by atomic mass is 9.64. The Bertz CT molecular complexity index is 1810. The van der Waals surface area contributed by atoms with E-state index in [4.69, 9.17) is 16.3 Å². The number of fused-ring (bicyclic) bond motifs is 5. The molecule has 0 amide bonds.